The lowest BCUT2D eigenvalue weighted by Gasteiger charge is -2.10. The quantitative estimate of drug-likeness (QED) is 0.248. The van der Waals surface area contributed by atoms with E-state index < -0.39 is 0 Å². The molecule has 0 atom stereocenters. The number of rotatable bonds is 0. The third-order valence-corrected chi connectivity index (χ3v) is 5.14. The van der Waals surface area contributed by atoms with Gasteiger partial charge in [0.05, 0.1) is 11.0 Å². The predicted octanol–water partition coefficient (Wildman–Crippen LogP) is 5.80. The summed E-state index contributed by atoms with van der Waals surface area (Å²) < 4.78 is 0. The Bertz CT molecular complexity index is 1340. The van der Waals surface area contributed by atoms with Crippen LogP contribution in [-0.2, 0) is 0 Å². The third-order valence-electron chi connectivity index (χ3n) is 5.14. The van der Waals surface area contributed by atoms with E-state index in [1.165, 1.54) is 43.4 Å². The molecule has 1 aliphatic rings. The van der Waals surface area contributed by atoms with Crippen molar-refractivity contribution >= 4 is 38.0 Å². The molecule has 0 saturated heterocycles. The average molecular weight is 303 g/mol. The lowest BCUT2D eigenvalue weighted by atomic mass is 9.93. The van der Waals surface area contributed by atoms with Gasteiger partial charge in [-0.3, -0.25) is 0 Å². The van der Waals surface area contributed by atoms with Gasteiger partial charge in [0.2, 0.25) is 0 Å². The van der Waals surface area contributed by atoms with Gasteiger partial charge in [-0.2, -0.15) is 0 Å². The van der Waals surface area contributed by atoms with Crippen molar-refractivity contribution in [2.75, 3.05) is 0 Å². The summed E-state index contributed by atoms with van der Waals surface area (Å²) in [6, 6.07) is 28.4. The second-order valence-electron chi connectivity index (χ2n) is 6.48. The molecule has 0 bridgehead atoms. The van der Waals surface area contributed by atoms with Gasteiger partial charge in [-0.25, -0.2) is 4.99 Å². The van der Waals surface area contributed by atoms with Crippen molar-refractivity contribution in [1.29, 1.82) is 0 Å². The number of fused-ring (bicyclic) bond motifs is 5. The average Bonchev–Trinajstić information content (AvgIpc) is 2.98. The van der Waals surface area contributed by atoms with Gasteiger partial charge in [0.1, 0.15) is 0 Å². The first-order valence-corrected chi connectivity index (χ1v) is 8.24. The third kappa shape index (κ3) is 1.47. The monoisotopic (exact) mass is 303 g/mol. The Labute approximate surface area is 138 Å². The van der Waals surface area contributed by atoms with Crippen LogP contribution in [0.25, 0.3) is 43.4 Å². The van der Waals surface area contributed by atoms with Crippen molar-refractivity contribution in [3.8, 4) is 11.1 Å². The van der Waals surface area contributed by atoms with Gasteiger partial charge in [-0.05, 0) is 56.6 Å². The summed E-state index contributed by atoms with van der Waals surface area (Å²) in [5.74, 6) is 0. The molecular formula is C23H13N. The van der Waals surface area contributed by atoms with Crippen molar-refractivity contribution in [3.63, 3.8) is 0 Å². The van der Waals surface area contributed by atoms with Gasteiger partial charge in [0.25, 0.3) is 0 Å². The maximum Gasteiger partial charge on any atom is 0.0722 e. The minimum Gasteiger partial charge on any atom is -0.248 e. The van der Waals surface area contributed by atoms with Crippen LogP contribution in [0.4, 0.5) is 5.69 Å². The van der Waals surface area contributed by atoms with Gasteiger partial charge in [-0.15, -0.1) is 0 Å². The molecule has 5 aromatic carbocycles. The maximum atomic E-state index is 4.83. The van der Waals surface area contributed by atoms with E-state index in [0.29, 0.717) is 0 Å². The Morgan fingerprint density at radius 2 is 1.38 bits per heavy atom. The highest BCUT2D eigenvalue weighted by atomic mass is 14.8. The molecule has 0 amide bonds. The summed E-state index contributed by atoms with van der Waals surface area (Å²) in [6.07, 6.45) is 0. The Hall–Kier alpha value is -3.19. The first kappa shape index (κ1) is 12.3. The Morgan fingerprint density at radius 3 is 2.33 bits per heavy atom. The minimum absolute atomic E-state index is 1.07. The summed E-state index contributed by atoms with van der Waals surface area (Å²) in [7, 11) is 0. The van der Waals surface area contributed by atoms with Crippen molar-refractivity contribution < 1.29 is 0 Å². The van der Waals surface area contributed by atoms with Gasteiger partial charge in [-0.1, -0.05) is 54.6 Å². The number of benzene rings is 5. The van der Waals surface area contributed by atoms with Gasteiger partial charge in [0, 0.05) is 11.1 Å². The van der Waals surface area contributed by atoms with Crippen LogP contribution in [0, 0.1) is 0 Å². The highest BCUT2D eigenvalue weighted by molar-refractivity contribution is 6.21. The fourth-order valence-corrected chi connectivity index (χ4v) is 4.08. The predicted molar refractivity (Wildman–Crippen MR) is 101 cm³/mol. The first-order valence-electron chi connectivity index (χ1n) is 8.24. The molecule has 0 aromatic heterocycles. The molecule has 5 aromatic rings. The Kier molecular flexibility index (Phi) is 2.15. The molecule has 6 rings (SSSR count). The number of hydrogen-bond acceptors (Lipinski definition) is 1. The molecule has 0 saturated carbocycles. The largest absolute Gasteiger partial charge is 0.248 e. The van der Waals surface area contributed by atoms with Gasteiger partial charge < -0.3 is 0 Å². The summed E-state index contributed by atoms with van der Waals surface area (Å²) in [5.41, 5.74) is 3.55. The van der Waals surface area contributed by atoms with Crippen molar-refractivity contribution in [1.82, 2.24) is 0 Å². The van der Waals surface area contributed by atoms with E-state index in [4.69, 9.17) is 4.99 Å². The smallest absolute Gasteiger partial charge is 0.0722 e. The molecule has 110 valence electrons. The second-order valence-corrected chi connectivity index (χ2v) is 6.48. The summed E-state index contributed by atoms with van der Waals surface area (Å²) in [5, 5.41) is 8.92. The van der Waals surface area contributed by atoms with E-state index in [1.54, 1.807) is 0 Å². The van der Waals surface area contributed by atoms with E-state index in [9.17, 15) is 0 Å². The maximum absolute atomic E-state index is 4.83. The van der Waals surface area contributed by atoms with Crippen LogP contribution in [0.15, 0.2) is 83.9 Å². The summed E-state index contributed by atoms with van der Waals surface area (Å²) >= 11 is 0. The molecule has 24 heavy (non-hydrogen) atoms. The molecule has 0 N–H and O–H groups in total. The van der Waals surface area contributed by atoms with Crippen LogP contribution in [0.5, 0.6) is 0 Å². The Balaban J connectivity index is 1.85. The van der Waals surface area contributed by atoms with Crippen molar-refractivity contribution in [3.05, 3.63) is 84.2 Å². The van der Waals surface area contributed by atoms with Gasteiger partial charge >= 0.3 is 0 Å². The van der Waals surface area contributed by atoms with Crippen LogP contribution in [0.2, 0.25) is 0 Å². The van der Waals surface area contributed by atoms with E-state index in [-0.39, 0.29) is 0 Å². The van der Waals surface area contributed by atoms with Crippen LogP contribution in [0.3, 0.4) is 0 Å². The molecule has 1 aliphatic heterocycles. The highest BCUT2D eigenvalue weighted by Crippen LogP contribution is 2.37. The number of hydrogen-bond donors (Lipinski definition) is 0. The normalized spacial score (nSPS) is 12.5. The fourth-order valence-electron chi connectivity index (χ4n) is 4.08. The molecule has 1 nitrogen and oxygen atoms in total. The standard InChI is InChI=1S/C23H13N/c1-2-10-21-17(8-1)20-12-16-11-15-7-3-5-14-6-4-9-18(23(14)15)19(16)13-22(20)24-21/h1-13H. The van der Waals surface area contributed by atoms with Crippen LogP contribution in [-0.4, -0.2) is 0 Å². The van der Waals surface area contributed by atoms with Crippen LogP contribution in [0.1, 0.15) is 0 Å². The minimum atomic E-state index is 1.07. The zero-order chi connectivity index (χ0) is 15.7. The van der Waals surface area contributed by atoms with Crippen LogP contribution >= 0.6 is 0 Å². The zero-order valence-electron chi connectivity index (χ0n) is 13.0. The lowest BCUT2D eigenvalue weighted by Crippen LogP contribution is -2.00. The van der Waals surface area contributed by atoms with E-state index in [2.05, 4.69) is 78.9 Å². The molecule has 0 aliphatic carbocycles. The lowest BCUT2D eigenvalue weighted by molar-refractivity contribution is 1.43. The number of para-hydroxylation sites is 1. The Morgan fingerprint density at radius 1 is 0.542 bits per heavy atom. The highest BCUT2D eigenvalue weighted by Gasteiger charge is 2.15. The summed E-state index contributed by atoms with van der Waals surface area (Å²) in [4.78, 5) is 4.83. The van der Waals surface area contributed by atoms with E-state index in [0.717, 1.165) is 11.0 Å². The molecule has 0 radical (unpaired) electrons. The SMILES string of the molecule is c1ccc2c(c1)N=c1cc3c(cc1-2)cc1cccc2cccc3c21. The first-order chi connectivity index (χ1) is 11.9. The molecule has 0 unspecified atom stereocenters. The molecule has 0 spiro atoms. The molecule has 1 heteroatoms. The van der Waals surface area contributed by atoms with Gasteiger partial charge in [0.15, 0.2) is 0 Å². The topological polar surface area (TPSA) is 12.4 Å². The van der Waals surface area contributed by atoms with Crippen molar-refractivity contribution in [2.24, 2.45) is 4.99 Å². The van der Waals surface area contributed by atoms with Crippen molar-refractivity contribution in [2.45, 2.75) is 0 Å². The zero-order valence-corrected chi connectivity index (χ0v) is 13.0. The second kappa shape index (κ2) is 4.21. The molecule has 0 fully saturated rings. The fraction of sp³-hybridized carbons (Fsp3) is 0. The molecular weight excluding hydrogens is 290 g/mol. The van der Waals surface area contributed by atoms with E-state index >= 15 is 0 Å². The molecule has 1 heterocycles. The van der Waals surface area contributed by atoms with E-state index in [1.807, 2.05) is 0 Å². The van der Waals surface area contributed by atoms with Crippen LogP contribution < -0.4 is 5.36 Å². The summed E-state index contributed by atoms with van der Waals surface area (Å²) in [6.45, 7) is 0. The number of nitrogens with zero attached hydrogens (tertiary/aromatic N) is 1.